The molecule has 1 aliphatic rings. The Kier molecular flexibility index (Phi) is 5.05. The van der Waals surface area contributed by atoms with Crippen LogP contribution in [0.25, 0.3) is 105 Å². The summed E-state index contributed by atoms with van der Waals surface area (Å²) in [5, 5.41) is 6.99. The molecule has 0 amide bonds. The van der Waals surface area contributed by atoms with Crippen LogP contribution in [0.5, 0.6) is 0 Å². The summed E-state index contributed by atoms with van der Waals surface area (Å²) >= 11 is 0. The first-order chi connectivity index (χ1) is 23.8. The fourth-order valence-electron chi connectivity index (χ4n) is 7.77. The van der Waals surface area contributed by atoms with E-state index in [1.165, 1.54) is 43.8 Å². The van der Waals surface area contributed by atoms with E-state index in [9.17, 15) is 0 Å². The molecule has 10 aromatic rings. The SMILES string of the molecule is c1ccc(-c2nc(-c3cccc4c3oc3ccccc34)nc(-n3c4cccc5c4c4c6c(cccc6ccc43)-c3ccccc3-5)n2)cc1. The largest absolute Gasteiger partial charge is 0.455 e. The molecule has 48 heavy (non-hydrogen) atoms. The molecule has 0 saturated carbocycles. The van der Waals surface area contributed by atoms with Gasteiger partial charge in [0.1, 0.15) is 11.2 Å². The van der Waals surface area contributed by atoms with Crippen LogP contribution in [0.4, 0.5) is 0 Å². The minimum Gasteiger partial charge on any atom is -0.455 e. The first-order valence-corrected chi connectivity index (χ1v) is 16.1. The van der Waals surface area contributed by atoms with E-state index < -0.39 is 0 Å². The van der Waals surface area contributed by atoms with Crippen molar-refractivity contribution in [1.29, 1.82) is 0 Å². The molecule has 0 atom stereocenters. The van der Waals surface area contributed by atoms with E-state index in [1.54, 1.807) is 0 Å². The lowest BCUT2D eigenvalue weighted by atomic mass is 9.93. The zero-order valence-electron chi connectivity index (χ0n) is 25.6. The molecule has 0 saturated heterocycles. The van der Waals surface area contributed by atoms with Gasteiger partial charge in [0, 0.05) is 27.1 Å². The van der Waals surface area contributed by atoms with Crippen molar-refractivity contribution in [1.82, 2.24) is 19.5 Å². The van der Waals surface area contributed by atoms with Crippen LogP contribution >= 0.6 is 0 Å². The van der Waals surface area contributed by atoms with Crippen LogP contribution in [-0.2, 0) is 0 Å². The molecular weight excluding hydrogens is 589 g/mol. The van der Waals surface area contributed by atoms with Crippen molar-refractivity contribution in [2.75, 3.05) is 0 Å². The second-order valence-electron chi connectivity index (χ2n) is 12.4. The molecule has 1 aliphatic carbocycles. The maximum Gasteiger partial charge on any atom is 0.238 e. The zero-order valence-corrected chi connectivity index (χ0v) is 25.6. The Balaban J connectivity index is 1.28. The van der Waals surface area contributed by atoms with E-state index in [-0.39, 0.29) is 0 Å². The van der Waals surface area contributed by atoms with Crippen LogP contribution in [0.2, 0.25) is 0 Å². The average molecular weight is 613 g/mol. The number of hydrogen-bond donors (Lipinski definition) is 0. The van der Waals surface area contributed by atoms with Gasteiger partial charge in [0.2, 0.25) is 5.95 Å². The van der Waals surface area contributed by atoms with Crippen molar-refractivity contribution in [3.8, 4) is 51.0 Å². The van der Waals surface area contributed by atoms with Gasteiger partial charge < -0.3 is 4.42 Å². The molecule has 3 heterocycles. The lowest BCUT2D eigenvalue weighted by Gasteiger charge is -2.14. The van der Waals surface area contributed by atoms with Crippen molar-refractivity contribution in [2.24, 2.45) is 0 Å². The average Bonchev–Trinajstić information content (AvgIpc) is 3.67. The molecule has 11 rings (SSSR count). The van der Waals surface area contributed by atoms with Gasteiger partial charge in [-0.1, -0.05) is 121 Å². The van der Waals surface area contributed by atoms with E-state index >= 15 is 0 Å². The second kappa shape index (κ2) is 9.47. The summed E-state index contributed by atoms with van der Waals surface area (Å²) in [4.78, 5) is 15.6. The normalized spacial score (nSPS) is 12.2. The van der Waals surface area contributed by atoms with Crippen LogP contribution in [-0.4, -0.2) is 19.5 Å². The van der Waals surface area contributed by atoms with Gasteiger partial charge >= 0.3 is 0 Å². The summed E-state index contributed by atoms with van der Waals surface area (Å²) in [7, 11) is 0. The number of para-hydroxylation sites is 2. The van der Waals surface area contributed by atoms with Crippen LogP contribution in [0.1, 0.15) is 0 Å². The highest BCUT2D eigenvalue weighted by Gasteiger charge is 2.26. The Bertz CT molecular complexity index is 2950. The molecule has 7 aromatic carbocycles. The van der Waals surface area contributed by atoms with E-state index in [2.05, 4.69) is 95.6 Å². The van der Waals surface area contributed by atoms with Crippen LogP contribution in [0, 0.1) is 0 Å². The van der Waals surface area contributed by atoms with E-state index in [1.807, 2.05) is 54.6 Å². The van der Waals surface area contributed by atoms with Gasteiger partial charge in [0.05, 0.1) is 16.6 Å². The molecule has 0 N–H and O–H groups in total. The topological polar surface area (TPSA) is 56.7 Å². The number of rotatable bonds is 3. The third kappa shape index (κ3) is 3.42. The molecule has 5 nitrogen and oxygen atoms in total. The molecule has 5 heteroatoms. The standard InChI is InChI=1S/C43H24N4O/c1-2-11-26(12-3-1)41-44-42(33-20-9-19-32-29-16-6-7-22-36(29)48-40(32)33)46-43(45-41)47-34-21-10-18-31-28-15-5-4-14-27(28)30-17-8-13-25-23-24-35(47)39(37(25)30)38(31)34/h1-24H. The summed E-state index contributed by atoms with van der Waals surface area (Å²) in [6.45, 7) is 0. The molecule has 0 aliphatic heterocycles. The fraction of sp³-hybridized carbons (Fsp3) is 0. The van der Waals surface area contributed by atoms with Crippen LogP contribution in [0.3, 0.4) is 0 Å². The smallest absolute Gasteiger partial charge is 0.238 e. The van der Waals surface area contributed by atoms with Crippen molar-refractivity contribution in [2.45, 2.75) is 0 Å². The highest BCUT2D eigenvalue weighted by atomic mass is 16.3. The molecule has 0 spiro atoms. The Morgan fingerprint density at radius 3 is 1.94 bits per heavy atom. The molecule has 3 aromatic heterocycles. The summed E-state index contributed by atoms with van der Waals surface area (Å²) < 4.78 is 8.68. The predicted octanol–water partition coefficient (Wildman–Crippen LogP) is 11.0. The zero-order chi connectivity index (χ0) is 31.3. The number of hydrogen-bond acceptors (Lipinski definition) is 4. The lowest BCUT2D eigenvalue weighted by molar-refractivity contribution is 0.669. The van der Waals surface area contributed by atoms with E-state index in [4.69, 9.17) is 19.4 Å². The second-order valence-corrected chi connectivity index (χ2v) is 12.4. The number of furan rings is 1. The molecule has 222 valence electrons. The summed E-state index contributed by atoms with van der Waals surface area (Å²) in [5.41, 5.74) is 10.4. The fourth-order valence-corrected chi connectivity index (χ4v) is 7.77. The quantitative estimate of drug-likeness (QED) is 0.199. The monoisotopic (exact) mass is 612 g/mol. The lowest BCUT2D eigenvalue weighted by Crippen LogP contribution is -2.06. The van der Waals surface area contributed by atoms with Gasteiger partial charge in [-0.15, -0.1) is 0 Å². The van der Waals surface area contributed by atoms with E-state index in [0.29, 0.717) is 17.6 Å². The van der Waals surface area contributed by atoms with Gasteiger partial charge in [-0.05, 0) is 57.3 Å². The Hall–Kier alpha value is -6.59. The number of aromatic nitrogens is 4. The maximum atomic E-state index is 6.47. The molecule has 0 bridgehead atoms. The minimum atomic E-state index is 0.564. The third-order valence-corrected chi connectivity index (χ3v) is 9.81. The Morgan fingerprint density at radius 2 is 1.06 bits per heavy atom. The highest BCUT2D eigenvalue weighted by molar-refractivity contribution is 6.30. The summed E-state index contributed by atoms with van der Waals surface area (Å²) in [5.74, 6) is 1.73. The van der Waals surface area contributed by atoms with Crippen LogP contribution in [0.15, 0.2) is 150 Å². The Labute approximate surface area is 274 Å². The van der Waals surface area contributed by atoms with Gasteiger partial charge in [0.15, 0.2) is 11.6 Å². The predicted molar refractivity (Wildman–Crippen MR) is 194 cm³/mol. The first-order valence-electron chi connectivity index (χ1n) is 16.1. The molecule has 0 radical (unpaired) electrons. The van der Waals surface area contributed by atoms with Crippen molar-refractivity contribution in [3.05, 3.63) is 146 Å². The molecule has 0 unspecified atom stereocenters. The van der Waals surface area contributed by atoms with Gasteiger partial charge in [-0.2, -0.15) is 9.97 Å². The van der Waals surface area contributed by atoms with Gasteiger partial charge in [-0.25, -0.2) is 4.98 Å². The van der Waals surface area contributed by atoms with Crippen LogP contribution < -0.4 is 0 Å². The van der Waals surface area contributed by atoms with Crippen molar-refractivity contribution < 1.29 is 4.42 Å². The summed E-state index contributed by atoms with van der Waals surface area (Å²) in [6, 6.07) is 50.8. The third-order valence-electron chi connectivity index (χ3n) is 9.81. The molecular formula is C43H24N4O. The number of benzene rings is 7. The van der Waals surface area contributed by atoms with Crippen molar-refractivity contribution >= 4 is 54.5 Å². The highest BCUT2D eigenvalue weighted by Crippen LogP contribution is 2.49. The molecule has 0 fully saturated rings. The first kappa shape index (κ1) is 25.6. The van der Waals surface area contributed by atoms with E-state index in [0.717, 1.165) is 44.1 Å². The Morgan fingerprint density at radius 1 is 0.417 bits per heavy atom. The minimum absolute atomic E-state index is 0.564. The summed E-state index contributed by atoms with van der Waals surface area (Å²) in [6.07, 6.45) is 0. The maximum absolute atomic E-state index is 6.47. The number of nitrogens with zero attached hydrogens (tertiary/aromatic N) is 4. The van der Waals surface area contributed by atoms with Gasteiger partial charge in [0.25, 0.3) is 0 Å². The number of fused-ring (bicyclic) bond motifs is 6. The van der Waals surface area contributed by atoms with Crippen molar-refractivity contribution in [3.63, 3.8) is 0 Å². The van der Waals surface area contributed by atoms with Gasteiger partial charge in [-0.3, -0.25) is 4.57 Å².